The van der Waals surface area contributed by atoms with Crippen molar-refractivity contribution in [3.63, 3.8) is 0 Å². The smallest absolute Gasteiger partial charge is 0.308 e. The van der Waals surface area contributed by atoms with Crippen LogP contribution < -0.4 is 5.32 Å². The van der Waals surface area contributed by atoms with Crippen molar-refractivity contribution in [3.05, 3.63) is 17.5 Å². The maximum Gasteiger partial charge on any atom is 0.308 e. The van der Waals surface area contributed by atoms with Gasteiger partial charge in [-0.15, -0.1) is 0 Å². The van der Waals surface area contributed by atoms with Gasteiger partial charge in [0.25, 0.3) is 5.91 Å². The second-order valence-corrected chi connectivity index (χ2v) is 4.51. The van der Waals surface area contributed by atoms with Gasteiger partial charge in [0, 0.05) is 19.7 Å². The molecule has 7 heteroatoms. The number of carbonyl (C=O) groups is 2. The topological polar surface area (TPSA) is 102 Å². The Balaban J connectivity index is 2.56. The third-order valence-corrected chi connectivity index (χ3v) is 2.68. The number of rotatable bonds is 7. The molecule has 1 unspecified atom stereocenters. The predicted molar refractivity (Wildman–Crippen MR) is 65.5 cm³/mol. The van der Waals surface area contributed by atoms with Gasteiger partial charge in [-0.3, -0.25) is 9.59 Å². The summed E-state index contributed by atoms with van der Waals surface area (Å²) in [6, 6.07) is 1.46. The summed E-state index contributed by atoms with van der Waals surface area (Å²) in [6.45, 7) is 3.86. The van der Waals surface area contributed by atoms with Crippen LogP contribution in [0.1, 0.15) is 30.1 Å². The minimum atomic E-state index is -0.935. The van der Waals surface area contributed by atoms with Crippen LogP contribution in [0, 0.1) is 11.8 Å². The monoisotopic (exact) mass is 270 g/mol. The average molecular weight is 270 g/mol. The van der Waals surface area contributed by atoms with Crippen molar-refractivity contribution in [1.82, 2.24) is 10.5 Å². The average Bonchev–Trinajstić information content (AvgIpc) is 2.77. The molecule has 1 heterocycles. The van der Waals surface area contributed by atoms with Gasteiger partial charge in [-0.05, 0) is 5.92 Å². The van der Waals surface area contributed by atoms with Gasteiger partial charge in [0.1, 0.15) is 6.61 Å². The number of nitrogens with one attached hydrogen (secondary N) is 1. The van der Waals surface area contributed by atoms with Crippen molar-refractivity contribution < 1.29 is 24.0 Å². The number of aromatic nitrogens is 1. The zero-order chi connectivity index (χ0) is 14.4. The number of carboxylic acid groups (broad SMARTS) is 1. The van der Waals surface area contributed by atoms with Crippen LogP contribution in [0.15, 0.2) is 10.6 Å². The van der Waals surface area contributed by atoms with Gasteiger partial charge in [-0.1, -0.05) is 19.0 Å². The summed E-state index contributed by atoms with van der Waals surface area (Å²) in [7, 11) is 1.50. The molecular weight excluding hydrogens is 252 g/mol. The van der Waals surface area contributed by atoms with E-state index in [4.69, 9.17) is 14.4 Å². The molecule has 7 nitrogen and oxygen atoms in total. The standard InChI is InChI=1S/C12H18N2O5/c1-7(2)9(12(16)17)5-13-11(15)10-4-8(6-18-3)19-14-10/h4,7,9H,5-6H2,1-3H3,(H,13,15)(H,16,17). The summed E-state index contributed by atoms with van der Waals surface area (Å²) in [5, 5.41) is 15.1. The molecule has 1 aromatic rings. The van der Waals surface area contributed by atoms with Crippen molar-refractivity contribution in [3.8, 4) is 0 Å². The minimum Gasteiger partial charge on any atom is -0.481 e. The third-order valence-electron chi connectivity index (χ3n) is 2.68. The van der Waals surface area contributed by atoms with Crippen molar-refractivity contribution in [1.29, 1.82) is 0 Å². The molecule has 0 saturated carbocycles. The maximum atomic E-state index is 11.7. The van der Waals surface area contributed by atoms with E-state index in [1.54, 1.807) is 13.8 Å². The second-order valence-electron chi connectivity index (χ2n) is 4.51. The van der Waals surface area contributed by atoms with Crippen molar-refractivity contribution in [2.24, 2.45) is 11.8 Å². The lowest BCUT2D eigenvalue weighted by Gasteiger charge is -2.16. The number of hydrogen-bond acceptors (Lipinski definition) is 5. The second kappa shape index (κ2) is 6.89. The molecule has 106 valence electrons. The molecule has 19 heavy (non-hydrogen) atoms. The third kappa shape index (κ3) is 4.36. The minimum absolute atomic E-state index is 0.0539. The van der Waals surface area contributed by atoms with Crippen LogP contribution in [0.25, 0.3) is 0 Å². The van der Waals surface area contributed by atoms with Crippen LogP contribution in [0.5, 0.6) is 0 Å². The molecule has 1 rings (SSSR count). The zero-order valence-corrected chi connectivity index (χ0v) is 11.2. The fourth-order valence-corrected chi connectivity index (χ4v) is 1.53. The first-order valence-electron chi connectivity index (χ1n) is 5.91. The largest absolute Gasteiger partial charge is 0.481 e. The van der Waals surface area contributed by atoms with E-state index in [-0.39, 0.29) is 24.8 Å². The number of hydrogen-bond donors (Lipinski definition) is 2. The van der Waals surface area contributed by atoms with Gasteiger partial charge in [0.05, 0.1) is 5.92 Å². The van der Waals surface area contributed by atoms with E-state index in [0.717, 1.165) is 0 Å². The van der Waals surface area contributed by atoms with Gasteiger partial charge in [0.15, 0.2) is 11.5 Å². The van der Waals surface area contributed by atoms with Crippen molar-refractivity contribution in [2.75, 3.05) is 13.7 Å². The Morgan fingerprint density at radius 3 is 2.74 bits per heavy atom. The van der Waals surface area contributed by atoms with Crippen LogP contribution >= 0.6 is 0 Å². The van der Waals surface area contributed by atoms with Gasteiger partial charge < -0.3 is 19.7 Å². The first kappa shape index (κ1) is 15.2. The normalized spacial score (nSPS) is 12.4. The van der Waals surface area contributed by atoms with E-state index in [0.29, 0.717) is 5.76 Å². The number of carbonyl (C=O) groups excluding carboxylic acids is 1. The Morgan fingerprint density at radius 1 is 1.53 bits per heavy atom. The molecule has 0 radical (unpaired) electrons. The quantitative estimate of drug-likeness (QED) is 0.763. The summed E-state index contributed by atoms with van der Waals surface area (Å²) in [6.07, 6.45) is 0. The molecule has 0 aliphatic rings. The van der Waals surface area contributed by atoms with Gasteiger partial charge in [-0.2, -0.15) is 0 Å². The fourth-order valence-electron chi connectivity index (χ4n) is 1.53. The van der Waals surface area contributed by atoms with Crippen LogP contribution in [-0.2, 0) is 16.1 Å². The van der Waals surface area contributed by atoms with E-state index in [1.165, 1.54) is 13.2 Å². The maximum absolute atomic E-state index is 11.7. The Kier molecular flexibility index (Phi) is 5.50. The fraction of sp³-hybridized carbons (Fsp3) is 0.583. The van der Waals surface area contributed by atoms with Crippen LogP contribution in [0.4, 0.5) is 0 Å². The molecule has 0 spiro atoms. The molecule has 0 saturated heterocycles. The lowest BCUT2D eigenvalue weighted by molar-refractivity contribution is -0.142. The molecule has 2 N–H and O–H groups in total. The molecule has 1 aromatic heterocycles. The number of aliphatic carboxylic acids is 1. The molecule has 0 aromatic carbocycles. The highest BCUT2D eigenvalue weighted by Crippen LogP contribution is 2.10. The highest BCUT2D eigenvalue weighted by molar-refractivity contribution is 5.92. The van der Waals surface area contributed by atoms with E-state index < -0.39 is 17.8 Å². The van der Waals surface area contributed by atoms with Crippen LogP contribution in [0.3, 0.4) is 0 Å². The number of amides is 1. The summed E-state index contributed by atoms with van der Waals surface area (Å²) in [5.74, 6) is -1.66. The number of nitrogens with zero attached hydrogens (tertiary/aromatic N) is 1. The summed E-state index contributed by atoms with van der Waals surface area (Å²) < 4.78 is 9.71. The van der Waals surface area contributed by atoms with Gasteiger partial charge >= 0.3 is 5.97 Å². The van der Waals surface area contributed by atoms with E-state index in [2.05, 4.69) is 10.5 Å². The zero-order valence-electron chi connectivity index (χ0n) is 11.2. The van der Waals surface area contributed by atoms with Gasteiger partial charge in [-0.25, -0.2) is 0 Å². The number of ether oxygens (including phenoxy) is 1. The lowest BCUT2D eigenvalue weighted by Crippen LogP contribution is -2.35. The van der Waals surface area contributed by atoms with Crippen molar-refractivity contribution in [2.45, 2.75) is 20.5 Å². The van der Waals surface area contributed by atoms with Gasteiger partial charge in [0.2, 0.25) is 0 Å². The molecule has 0 bridgehead atoms. The first-order valence-corrected chi connectivity index (χ1v) is 5.91. The summed E-state index contributed by atoms with van der Waals surface area (Å²) in [5.41, 5.74) is 0.111. The molecule has 0 aliphatic carbocycles. The van der Waals surface area contributed by atoms with E-state index >= 15 is 0 Å². The molecule has 0 aliphatic heterocycles. The van der Waals surface area contributed by atoms with Crippen LogP contribution in [0.2, 0.25) is 0 Å². The number of carboxylic acids is 1. The Bertz CT molecular complexity index is 441. The van der Waals surface area contributed by atoms with E-state index in [1.807, 2.05) is 0 Å². The highest BCUT2D eigenvalue weighted by Gasteiger charge is 2.23. The summed E-state index contributed by atoms with van der Waals surface area (Å²) in [4.78, 5) is 22.7. The predicted octanol–water partition coefficient (Wildman–Crippen LogP) is 0.908. The first-order chi connectivity index (χ1) is 8.95. The Morgan fingerprint density at radius 2 is 2.21 bits per heavy atom. The molecule has 0 fully saturated rings. The summed E-state index contributed by atoms with van der Waals surface area (Å²) >= 11 is 0. The van der Waals surface area contributed by atoms with Crippen LogP contribution in [-0.4, -0.2) is 35.8 Å². The van der Waals surface area contributed by atoms with Crippen molar-refractivity contribution >= 4 is 11.9 Å². The SMILES string of the molecule is COCc1cc(C(=O)NCC(C(=O)O)C(C)C)no1. The number of methoxy groups -OCH3 is 1. The lowest BCUT2D eigenvalue weighted by atomic mass is 9.96. The van der Waals surface area contributed by atoms with E-state index in [9.17, 15) is 9.59 Å². The molecule has 1 amide bonds. The molecule has 1 atom stereocenters. The molecular formula is C12H18N2O5. The Hall–Kier alpha value is -1.89. The Labute approximate surface area is 110 Å². The highest BCUT2D eigenvalue weighted by atomic mass is 16.5.